The third-order valence-corrected chi connectivity index (χ3v) is 4.55. The molecule has 16 heavy (non-hydrogen) atoms. The van der Waals surface area contributed by atoms with Gasteiger partial charge < -0.3 is 9.73 Å². The molecule has 2 aliphatic rings. The summed E-state index contributed by atoms with van der Waals surface area (Å²) in [6, 6.07) is 2.17. The van der Waals surface area contributed by atoms with Crippen molar-refractivity contribution >= 4 is 0 Å². The van der Waals surface area contributed by atoms with Gasteiger partial charge in [-0.05, 0) is 36.8 Å². The minimum absolute atomic E-state index is 0.171. The van der Waals surface area contributed by atoms with E-state index in [1.54, 1.807) is 0 Å². The Balaban J connectivity index is 2.04. The van der Waals surface area contributed by atoms with Crippen LogP contribution in [0.1, 0.15) is 50.4 Å². The van der Waals surface area contributed by atoms with Crippen LogP contribution in [0, 0.1) is 5.92 Å². The second-order valence-electron chi connectivity index (χ2n) is 5.27. The predicted octanol–water partition coefficient (Wildman–Crippen LogP) is 3.22. The van der Waals surface area contributed by atoms with E-state index in [9.17, 15) is 0 Å². The average Bonchev–Trinajstić information content (AvgIpc) is 2.80. The molecule has 1 aliphatic carbocycles. The highest BCUT2D eigenvalue weighted by atomic mass is 16.3. The molecule has 1 spiro atoms. The summed E-state index contributed by atoms with van der Waals surface area (Å²) in [5.41, 5.74) is 1.61. The highest BCUT2D eigenvalue weighted by Crippen LogP contribution is 2.46. The number of fused-ring (bicyclic) bond motifs is 2. The van der Waals surface area contributed by atoms with Gasteiger partial charge in [0.1, 0.15) is 5.76 Å². The highest BCUT2D eigenvalue weighted by Gasteiger charge is 2.46. The molecular formula is C14H21NO. The zero-order valence-electron chi connectivity index (χ0n) is 10.1. The molecule has 1 saturated carbocycles. The lowest BCUT2D eigenvalue weighted by molar-refractivity contribution is 0.101. The van der Waals surface area contributed by atoms with Crippen molar-refractivity contribution in [2.75, 3.05) is 6.54 Å². The van der Waals surface area contributed by atoms with Crippen LogP contribution >= 0.6 is 0 Å². The van der Waals surface area contributed by atoms with Crippen molar-refractivity contribution in [3.05, 3.63) is 23.7 Å². The molecule has 2 heterocycles. The number of furan rings is 1. The van der Waals surface area contributed by atoms with Gasteiger partial charge >= 0.3 is 0 Å². The fraction of sp³-hybridized carbons (Fsp3) is 0.714. The summed E-state index contributed by atoms with van der Waals surface area (Å²) in [5, 5.41) is 3.78. The van der Waals surface area contributed by atoms with Crippen molar-refractivity contribution in [1.29, 1.82) is 0 Å². The van der Waals surface area contributed by atoms with Crippen molar-refractivity contribution in [2.45, 2.75) is 51.0 Å². The van der Waals surface area contributed by atoms with Crippen LogP contribution in [-0.2, 0) is 12.0 Å². The van der Waals surface area contributed by atoms with Gasteiger partial charge in [0.2, 0.25) is 0 Å². The van der Waals surface area contributed by atoms with Gasteiger partial charge in [-0.3, -0.25) is 0 Å². The molecule has 2 atom stereocenters. The third kappa shape index (κ3) is 1.36. The lowest BCUT2D eigenvalue weighted by atomic mass is 9.68. The van der Waals surface area contributed by atoms with Crippen LogP contribution in [0.2, 0.25) is 0 Å². The molecule has 0 aromatic carbocycles. The van der Waals surface area contributed by atoms with Gasteiger partial charge in [0, 0.05) is 6.54 Å². The van der Waals surface area contributed by atoms with E-state index in [2.05, 4.69) is 18.3 Å². The second-order valence-corrected chi connectivity index (χ2v) is 5.27. The van der Waals surface area contributed by atoms with Crippen molar-refractivity contribution in [3.63, 3.8) is 0 Å². The average molecular weight is 219 g/mol. The molecule has 2 unspecified atom stereocenters. The summed E-state index contributed by atoms with van der Waals surface area (Å²) in [4.78, 5) is 0. The quantitative estimate of drug-likeness (QED) is 0.784. The zero-order chi connectivity index (χ0) is 11.0. The Bertz CT molecular complexity index is 371. The number of hydrogen-bond donors (Lipinski definition) is 1. The van der Waals surface area contributed by atoms with Crippen LogP contribution in [0.25, 0.3) is 0 Å². The van der Waals surface area contributed by atoms with Gasteiger partial charge in [-0.2, -0.15) is 0 Å². The largest absolute Gasteiger partial charge is 0.467 e. The Morgan fingerprint density at radius 1 is 1.50 bits per heavy atom. The Kier molecular flexibility index (Phi) is 2.55. The summed E-state index contributed by atoms with van der Waals surface area (Å²) in [5.74, 6) is 2.01. The SMILES string of the molecule is CCC1CCCCC12NCCc1ccoc12. The van der Waals surface area contributed by atoms with Crippen LogP contribution < -0.4 is 5.32 Å². The Morgan fingerprint density at radius 3 is 3.31 bits per heavy atom. The van der Waals surface area contributed by atoms with E-state index in [1.165, 1.54) is 43.4 Å². The van der Waals surface area contributed by atoms with Crippen LogP contribution in [0.3, 0.4) is 0 Å². The van der Waals surface area contributed by atoms with E-state index in [1.807, 2.05) is 6.26 Å². The standard InChI is InChI=1S/C14H21NO/c1-2-12-5-3-4-8-14(12)13-11(6-9-15-14)7-10-16-13/h7,10,12,15H,2-6,8-9H2,1H3. The second kappa shape index (κ2) is 3.92. The van der Waals surface area contributed by atoms with Crippen molar-refractivity contribution < 1.29 is 4.42 Å². The topological polar surface area (TPSA) is 25.2 Å². The molecular weight excluding hydrogens is 198 g/mol. The van der Waals surface area contributed by atoms with Gasteiger partial charge in [-0.15, -0.1) is 0 Å². The molecule has 0 radical (unpaired) electrons. The van der Waals surface area contributed by atoms with E-state index >= 15 is 0 Å². The van der Waals surface area contributed by atoms with E-state index < -0.39 is 0 Å². The van der Waals surface area contributed by atoms with E-state index in [-0.39, 0.29) is 5.54 Å². The third-order valence-electron chi connectivity index (χ3n) is 4.55. The molecule has 1 fully saturated rings. The molecule has 1 aromatic rings. The highest BCUT2D eigenvalue weighted by molar-refractivity contribution is 5.29. The summed E-state index contributed by atoms with van der Waals surface area (Å²) >= 11 is 0. The molecule has 1 aromatic heterocycles. The predicted molar refractivity (Wildman–Crippen MR) is 64.3 cm³/mol. The van der Waals surface area contributed by atoms with Gasteiger partial charge in [-0.25, -0.2) is 0 Å². The molecule has 3 rings (SSSR count). The first-order valence-electron chi connectivity index (χ1n) is 6.68. The molecule has 0 saturated heterocycles. The molecule has 0 bridgehead atoms. The maximum Gasteiger partial charge on any atom is 0.127 e. The van der Waals surface area contributed by atoms with E-state index in [4.69, 9.17) is 4.42 Å². The number of hydrogen-bond acceptors (Lipinski definition) is 2. The normalized spacial score (nSPS) is 33.9. The molecule has 2 heteroatoms. The van der Waals surface area contributed by atoms with Gasteiger partial charge in [0.15, 0.2) is 0 Å². The first kappa shape index (κ1) is 10.4. The lowest BCUT2D eigenvalue weighted by Gasteiger charge is -2.46. The molecule has 2 nitrogen and oxygen atoms in total. The summed E-state index contributed by atoms with van der Waals surface area (Å²) in [6.07, 6.45) is 9.59. The molecule has 88 valence electrons. The minimum Gasteiger partial charge on any atom is -0.467 e. The van der Waals surface area contributed by atoms with E-state index in [0.29, 0.717) is 0 Å². The van der Waals surface area contributed by atoms with Crippen LogP contribution in [0.15, 0.2) is 16.7 Å². The first-order chi connectivity index (χ1) is 7.87. The summed E-state index contributed by atoms with van der Waals surface area (Å²) < 4.78 is 5.82. The maximum atomic E-state index is 5.82. The minimum atomic E-state index is 0.171. The van der Waals surface area contributed by atoms with Crippen LogP contribution in [0.5, 0.6) is 0 Å². The smallest absolute Gasteiger partial charge is 0.127 e. The zero-order valence-corrected chi connectivity index (χ0v) is 10.1. The van der Waals surface area contributed by atoms with Crippen LogP contribution in [0.4, 0.5) is 0 Å². The lowest BCUT2D eigenvalue weighted by Crippen LogP contribution is -2.53. The molecule has 0 amide bonds. The van der Waals surface area contributed by atoms with Crippen molar-refractivity contribution in [3.8, 4) is 0 Å². The van der Waals surface area contributed by atoms with Gasteiger partial charge in [0.05, 0.1) is 11.8 Å². The maximum absolute atomic E-state index is 5.82. The number of rotatable bonds is 1. The fourth-order valence-corrected chi connectivity index (χ4v) is 3.75. The van der Waals surface area contributed by atoms with E-state index in [0.717, 1.165) is 18.9 Å². The monoisotopic (exact) mass is 219 g/mol. The van der Waals surface area contributed by atoms with Gasteiger partial charge in [0.25, 0.3) is 0 Å². The van der Waals surface area contributed by atoms with Gasteiger partial charge in [-0.1, -0.05) is 26.2 Å². The van der Waals surface area contributed by atoms with Crippen molar-refractivity contribution in [2.24, 2.45) is 5.92 Å². The molecule has 1 aliphatic heterocycles. The Morgan fingerprint density at radius 2 is 2.44 bits per heavy atom. The summed E-state index contributed by atoms with van der Waals surface area (Å²) in [7, 11) is 0. The summed E-state index contributed by atoms with van der Waals surface area (Å²) in [6.45, 7) is 3.43. The van der Waals surface area contributed by atoms with Crippen molar-refractivity contribution in [1.82, 2.24) is 5.32 Å². The Labute approximate surface area is 97.4 Å². The van der Waals surface area contributed by atoms with Crippen LogP contribution in [-0.4, -0.2) is 6.54 Å². The number of nitrogens with one attached hydrogen (secondary N) is 1. The fourth-order valence-electron chi connectivity index (χ4n) is 3.75. The Hall–Kier alpha value is -0.760. The molecule has 1 N–H and O–H groups in total. The first-order valence-corrected chi connectivity index (χ1v) is 6.68.